The van der Waals surface area contributed by atoms with Crippen LogP contribution >= 0.6 is 0 Å². The van der Waals surface area contributed by atoms with Crippen molar-refractivity contribution in [3.63, 3.8) is 0 Å². The summed E-state index contributed by atoms with van der Waals surface area (Å²) in [6.07, 6.45) is 8.74. The quantitative estimate of drug-likeness (QED) is 0.839. The van der Waals surface area contributed by atoms with Crippen LogP contribution in [0.25, 0.3) is 0 Å². The zero-order chi connectivity index (χ0) is 12.4. The first-order valence-corrected chi connectivity index (χ1v) is 7.42. The fraction of sp³-hybridized carbons (Fsp3) is 0.625. The zero-order valence-corrected chi connectivity index (χ0v) is 11.1. The van der Waals surface area contributed by atoms with Gasteiger partial charge in [-0.25, -0.2) is 0 Å². The van der Waals surface area contributed by atoms with Crippen LogP contribution < -0.4 is 11.1 Å². The average Bonchev–Trinajstić information content (AvgIpc) is 2.42. The molecule has 1 aromatic carbocycles. The standard InChI is InChI=1S/C16H24N2/c17-13-8-10-14(11-9-13)18-16-7-3-5-12-4-1-2-6-15(12)16/h1-2,4,6,13-14,16,18H,3,5,7-11,17H2. The monoisotopic (exact) mass is 244 g/mol. The summed E-state index contributed by atoms with van der Waals surface area (Å²) >= 11 is 0. The van der Waals surface area contributed by atoms with E-state index in [4.69, 9.17) is 5.73 Å². The summed E-state index contributed by atoms with van der Waals surface area (Å²) in [7, 11) is 0. The number of rotatable bonds is 2. The molecule has 1 fully saturated rings. The Kier molecular flexibility index (Phi) is 3.67. The normalized spacial score (nSPS) is 31.9. The van der Waals surface area contributed by atoms with Gasteiger partial charge in [-0.05, 0) is 56.1 Å². The highest BCUT2D eigenvalue weighted by Crippen LogP contribution is 2.31. The van der Waals surface area contributed by atoms with Crippen LogP contribution in [0.5, 0.6) is 0 Å². The number of fused-ring (bicyclic) bond motifs is 1. The van der Waals surface area contributed by atoms with Crippen LogP contribution in [-0.4, -0.2) is 12.1 Å². The molecule has 0 aromatic heterocycles. The van der Waals surface area contributed by atoms with Gasteiger partial charge in [0.15, 0.2) is 0 Å². The molecule has 0 radical (unpaired) electrons. The number of aryl methyl sites for hydroxylation is 1. The number of hydrogen-bond acceptors (Lipinski definition) is 2. The molecule has 1 unspecified atom stereocenters. The van der Waals surface area contributed by atoms with Crippen molar-refractivity contribution in [2.75, 3.05) is 0 Å². The molecule has 1 atom stereocenters. The van der Waals surface area contributed by atoms with E-state index in [-0.39, 0.29) is 0 Å². The summed E-state index contributed by atoms with van der Waals surface area (Å²) in [5.41, 5.74) is 9.07. The molecule has 2 nitrogen and oxygen atoms in total. The Morgan fingerprint density at radius 1 is 1.00 bits per heavy atom. The molecule has 0 bridgehead atoms. The highest BCUT2D eigenvalue weighted by molar-refractivity contribution is 5.32. The van der Waals surface area contributed by atoms with E-state index >= 15 is 0 Å². The zero-order valence-electron chi connectivity index (χ0n) is 11.1. The van der Waals surface area contributed by atoms with Crippen molar-refractivity contribution in [1.82, 2.24) is 5.32 Å². The van der Waals surface area contributed by atoms with Gasteiger partial charge in [-0.15, -0.1) is 0 Å². The van der Waals surface area contributed by atoms with Gasteiger partial charge < -0.3 is 11.1 Å². The van der Waals surface area contributed by atoms with Gasteiger partial charge in [0, 0.05) is 18.1 Å². The number of benzene rings is 1. The third kappa shape index (κ3) is 2.60. The predicted molar refractivity (Wildman–Crippen MR) is 75.5 cm³/mol. The lowest BCUT2D eigenvalue weighted by molar-refractivity contribution is 0.302. The van der Waals surface area contributed by atoms with E-state index < -0.39 is 0 Å². The minimum Gasteiger partial charge on any atom is -0.328 e. The lowest BCUT2D eigenvalue weighted by atomic mass is 9.85. The molecule has 18 heavy (non-hydrogen) atoms. The second kappa shape index (κ2) is 5.41. The SMILES string of the molecule is NC1CCC(NC2CCCc3ccccc32)CC1. The summed E-state index contributed by atoms with van der Waals surface area (Å²) in [6.45, 7) is 0. The Morgan fingerprint density at radius 2 is 1.78 bits per heavy atom. The van der Waals surface area contributed by atoms with Gasteiger partial charge in [-0.2, -0.15) is 0 Å². The fourth-order valence-electron chi connectivity index (χ4n) is 3.50. The number of nitrogens with one attached hydrogen (secondary N) is 1. The van der Waals surface area contributed by atoms with Gasteiger partial charge in [-0.1, -0.05) is 24.3 Å². The molecule has 0 amide bonds. The Bertz CT molecular complexity index is 394. The molecule has 2 aliphatic carbocycles. The van der Waals surface area contributed by atoms with Crippen molar-refractivity contribution in [3.05, 3.63) is 35.4 Å². The third-order valence-electron chi connectivity index (χ3n) is 4.58. The molecular formula is C16H24N2. The van der Waals surface area contributed by atoms with E-state index in [0.717, 1.165) is 0 Å². The minimum absolute atomic E-state index is 0.446. The van der Waals surface area contributed by atoms with Crippen LogP contribution in [0, 0.1) is 0 Å². The Balaban J connectivity index is 1.67. The largest absolute Gasteiger partial charge is 0.328 e. The fourth-order valence-corrected chi connectivity index (χ4v) is 3.50. The first-order chi connectivity index (χ1) is 8.83. The van der Waals surface area contributed by atoms with E-state index in [1.54, 1.807) is 11.1 Å². The van der Waals surface area contributed by atoms with Crippen molar-refractivity contribution in [1.29, 1.82) is 0 Å². The maximum Gasteiger partial charge on any atom is 0.0325 e. The van der Waals surface area contributed by atoms with Gasteiger partial charge >= 0.3 is 0 Å². The Labute approximate surface area is 110 Å². The molecular weight excluding hydrogens is 220 g/mol. The van der Waals surface area contributed by atoms with Crippen molar-refractivity contribution in [2.24, 2.45) is 5.73 Å². The van der Waals surface area contributed by atoms with Crippen LogP contribution in [0.15, 0.2) is 24.3 Å². The molecule has 1 aromatic rings. The van der Waals surface area contributed by atoms with Gasteiger partial charge in [0.25, 0.3) is 0 Å². The van der Waals surface area contributed by atoms with Crippen molar-refractivity contribution in [3.8, 4) is 0 Å². The first-order valence-electron chi connectivity index (χ1n) is 7.42. The van der Waals surface area contributed by atoms with Crippen LogP contribution in [0.2, 0.25) is 0 Å². The van der Waals surface area contributed by atoms with Crippen molar-refractivity contribution in [2.45, 2.75) is 63.1 Å². The van der Waals surface area contributed by atoms with Crippen LogP contribution in [0.4, 0.5) is 0 Å². The van der Waals surface area contributed by atoms with Crippen LogP contribution in [0.3, 0.4) is 0 Å². The Morgan fingerprint density at radius 3 is 2.61 bits per heavy atom. The van der Waals surface area contributed by atoms with Gasteiger partial charge in [-0.3, -0.25) is 0 Å². The van der Waals surface area contributed by atoms with Gasteiger partial charge in [0.05, 0.1) is 0 Å². The maximum atomic E-state index is 5.98. The molecule has 0 heterocycles. The van der Waals surface area contributed by atoms with Gasteiger partial charge in [0.2, 0.25) is 0 Å². The molecule has 0 saturated heterocycles. The van der Waals surface area contributed by atoms with Crippen LogP contribution in [0.1, 0.15) is 55.7 Å². The summed E-state index contributed by atoms with van der Waals surface area (Å²) in [5.74, 6) is 0. The van der Waals surface area contributed by atoms with E-state index in [9.17, 15) is 0 Å². The van der Waals surface area contributed by atoms with Crippen molar-refractivity contribution < 1.29 is 0 Å². The third-order valence-corrected chi connectivity index (χ3v) is 4.58. The lowest BCUT2D eigenvalue weighted by Crippen LogP contribution is -2.40. The highest BCUT2D eigenvalue weighted by atomic mass is 15.0. The smallest absolute Gasteiger partial charge is 0.0325 e. The molecule has 0 spiro atoms. The number of hydrogen-bond donors (Lipinski definition) is 2. The molecule has 1 saturated carbocycles. The molecule has 2 heteroatoms. The minimum atomic E-state index is 0.446. The van der Waals surface area contributed by atoms with E-state index in [2.05, 4.69) is 29.6 Å². The predicted octanol–water partition coefficient (Wildman–Crippen LogP) is 2.92. The van der Waals surface area contributed by atoms with Gasteiger partial charge in [0.1, 0.15) is 0 Å². The maximum absolute atomic E-state index is 5.98. The van der Waals surface area contributed by atoms with E-state index in [1.165, 1.54) is 44.9 Å². The molecule has 3 N–H and O–H groups in total. The van der Waals surface area contributed by atoms with Crippen LogP contribution in [-0.2, 0) is 6.42 Å². The number of nitrogens with two attached hydrogens (primary N) is 1. The summed E-state index contributed by atoms with van der Waals surface area (Å²) in [6, 6.07) is 10.6. The average molecular weight is 244 g/mol. The second-order valence-corrected chi connectivity index (χ2v) is 5.92. The highest BCUT2D eigenvalue weighted by Gasteiger charge is 2.24. The molecule has 98 valence electrons. The molecule has 2 aliphatic rings. The summed E-state index contributed by atoms with van der Waals surface area (Å²) in [4.78, 5) is 0. The molecule has 3 rings (SSSR count). The summed E-state index contributed by atoms with van der Waals surface area (Å²) < 4.78 is 0. The molecule has 0 aliphatic heterocycles. The lowest BCUT2D eigenvalue weighted by Gasteiger charge is -2.33. The Hall–Kier alpha value is -0.860. The van der Waals surface area contributed by atoms with E-state index in [0.29, 0.717) is 18.1 Å². The first kappa shape index (κ1) is 12.2. The van der Waals surface area contributed by atoms with E-state index in [1.807, 2.05) is 0 Å². The topological polar surface area (TPSA) is 38.0 Å². The summed E-state index contributed by atoms with van der Waals surface area (Å²) in [5, 5.41) is 3.88. The van der Waals surface area contributed by atoms with Crippen molar-refractivity contribution >= 4 is 0 Å². The second-order valence-electron chi connectivity index (χ2n) is 5.92.